The van der Waals surface area contributed by atoms with E-state index in [-0.39, 0.29) is 0 Å². The highest BCUT2D eigenvalue weighted by molar-refractivity contribution is 8.02. The van der Waals surface area contributed by atoms with Crippen molar-refractivity contribution in [2.24, 2.45) is 0 Å². The molecule has 0 spiro atoms. The van der Waals surface area contributed by atoms with Crippen LogP contribution in [-0.4, -0.2) is 5.37 Å². The molecular formula is C5H9NS. The Hall–Kier alpha value is -0.110. The zero-order valence-electron chi connectivity index (χ0n) is 4.35. The molecular weight excluding hydrogens is 106 g/mol. The molecule has 1 nitrogen and oxygen atoms in total. The van der Waals surface area contributed by atoms with Crippen molar-refractivity contribution in [1.29, 1.82) is 0 Å². The molecule has 1 unspecified atom stereocenters. The molecule has 0 saturated carbocycles. The van der Waals surface area contributed by atoms with E-state index in [1.54, 1.807) is 0 Å². The molecule has 1 aliphatic rings. The smallest absolute Gasteiger partial charge is 0.0756 e. The summed E-state index contributed by atoms with van der Waals surface area (Å²) in [4.78, 5) is 0. The van der Waals surface area contributed by atoms with Gasteiger partial charge in [-0.15, -0.1) is 11.8 Å². The minimum absolute atomic E-state index is 0.653. The zero-order chi connectivity index (χ0) is 5.11. The minimum Gasteiger partial charge on any atom is -0.378 e. The van der Waals surface area contributed by atoms with Crippen molar-refractivity contribution < 1.29 is 0 Å². The highest BCUT2D eigenvalue weighted by Crippen LogP contribution is 2.16. The van der Waals surface area contributed by atoms with Crippen LogP contribution in [0.15, 0.2) is 11.6 Å². The zero-order valence-corrected chi connectivity index (χ0v) is 5.16. The van der Waals surface area contributed by atoms with Crippen LogP contribution in [0.25, 0.3) is 0 Å². The summed E-state index contributed by atoms with van der Waals surface area (Å²) in [6.07, 6.45) is 3.20. The first-order chi connectivity index (χ1) is 3.43. The molecule has 0 aliphatic carbocycles. The Bertz CT molecular complexity index is 72.1. The Kier molecular flexibility index (Phi) is 1.63. The van der Waals surface area contributed by atoms with Gasteiger partial charge in [0.25, 0.3) is 0 Å². The first-order valence-corrected chi connectivity index (χ1v) is 3.44. The summed E-state index contributed by atoms with van der Waals surface area (Å²) in [6.45, 7) is 2.18. The molecule has 2 heteroatoms. The minimum atomic E-state index is 0.653. The van der Waals surface area contributed by atoms with E-state index >= 15 is 0 Å². The summed E-state index contributed by atoms with van der Waals surface area (Å²) >= 11 is 1.85. The maximum Gasteiger partial charge on any atom is 0.0756 e. The average molecular weight is 115 g/mol. The van der Waals surface area contributed by atoms with Gasteiger partial charge in [0.2, 0.25) is 0 Å². The Balaban J connectivity index is 2.22. The fourth-order valence-corrected chi connectivity index (χ4v) is 1.23. The molecule has 1 atom stereocenters. The van der Waals surface area contributed by atoms with Crippen LogP contribution in [0.3, 0.4) is 0 Å². The van der Waals surface area contributed by atoms with Crippen molar-refractivity contribution in [3.63, 3.8) is 0 Å². The summed E-state index contributed by atoms with van der Waals surface area (Å²) < 4.78 is 0. The van der Waals surface area contributed by atoms with Crippen molar-refractivity contribution in [3.05, 3.63) is 11.6 Å². The summed E-state index contributed by atoms with van der Waals surface area (Å²) in [5, 5.41) is 5.93. The van der Waals surface area contributed by atoms with Gasteiger partial charge in [-0.2, -0.15) is 0 Å². The lowest BCUT2D eigenvalue weighted by atomic mass is 10.5. The molecule has 1 aliphatic heterocycles. The van der Waals surface area contributed by atoms with Crippen LogP contribution in [0, 0.1) is 0 Å². The van der Waals surface area contributed by atoms with E-state index in [0.29, 0.717) is 5.37 Å². The van der Waals surface area contributed by atoms with Gasteiger partial charge in [-0.25, -0.2) is 0 Å². The van der Waals surface area contributed by atoms with E-state index in [0.717, 1.165) is 0 Å². The second-order valence-electron chi connectivity index (χ2n) is 1.50. The van der Waals surface area contributed by atoms with Crippen LogP contribution in [0.5, 0.6) is 0 Å². The molecule has 1 heterocycles. The van der Waals surface area contributed by atoms with Gasteiger partial charge in [-0.05, 0) is 11.8 Å². The number of rotatable bonds is 1. The molecule has 0 amide bonds. The maximum absolute atomic E-state index is 3.19. The van der Waals surface area contributed by atoms with Crippen LogP contribution in [0.4, 0.5) is 0 Å². The molecule has 0 radical (unpaired) electrons. The summed E-state index contributed by atoms with van der Waals surface area (Å²) in [6, 6.07) is 0. The number of thioether (sulfide) groups is 1. The first kappa shape index (κ1) is 5.04. The quantitative estimate of drug-likeness (QED) is 0.556. The van der Waals surface area contributed by atoms with Gasteiger partial charge in [0.1, 0.15) is 0 Å². The molecule has 7 heavy (non-hydrogen) atoms. The van der Waals surface area contributed by atoms with E-state index in [2.05, 4.69) is 17.6 Å². The lowest BCUT2D eigenvalue weighted by molar-refractivity contribution is 0.765. The topological polar surface area (TPSA) is 12.0 Å². The monoisotopic (exact) mass is 115 g/mol. The van der Waals surface area contributed by atoms with E-state index < -0.39 is 0 Å². The van der Waals surface area contributed by atoms with E-state index in [1.165, 1.54) is 6.42 Å². The number of nitrogens with one attached hydrogen (secondary N) is 1. The van der Waals surface area contributed by atoms with E-state index in [1.807, 2.05) is 18.0 Å². The molecule has 0 aromatic rings. The van der Waals surface area contributed by atoms with Gasteiger partial charge >= 0.3 is 0 Å². The molecule has 0 saturated heterocycles. The molecule has 0 aromatic carbocycles. The predicted octanol–water partition coefficient (Wildman–Crippen LogP) is 1.53. The average Bonchev–Trinajstić information content (AvgIpc) is 2.14. The van der Waals surface area contributed by atoms with Crippen molar-refractivity contribution in [2.45, 2.75) is 18.7 Å². The third-order valence-corrected chi connectivity index (χ3v) is 2.05. The lowest BCUT2D eigenvalue weighted by Crippen LogP contribution is -2.13. The second kappa shape index (κ2) is 2.26. The Morgan fingerprint density at radius 1 is 1.86 bits per heavy atom. The summed E-state index contributed by atoms with van der Waals surface area (Å²) in [5.74, 6) is 0. The van der Waals surface area contributed by atoms with Crippen molar-refractivity contribution in [3.8, 4) is 0 Å². The third-order valence-electron chi connectivity index (χ3n) is 0.964. The van der Waals surface area contributed by atoms with Crippen LogP contribution in [0.2, 0.25) is 0 Å². The summed E-state index contributed by atoms with van der Waals surface area (Å²) in [7, 11) is 0. The predicted molar refractivity (Wildman–Crippen MR) is 33.9 cm³/mol. The highest BCUT2D eigenvalue weighted by Gasteiger charge is 2.03. The van der Waals surface area contributed by atoms with Crippen molar-refractivity contribution in [2.75, 3.05) is 0 Å². The van der Waals surface area contributed by atoms with Crippen LogP contribution in [0.1, 0.15) is 13.3 Å². The second-order valence-corrected chi connectivity index (χ2v) is 2.62. The molecule has 1 N–H and O–H groups in total. The standard InChI is InChI=1S/C5H9NS/c1-2-5-6-3-4-7-5/h3-6H,2H2,1H3. The SMILES string of the molecule is CCC1NC=CS1. The molecule has 0 bridgehead atoms. The molecule has 0 aromatic heterocycles. The maximum atomic E-state index is 3.19. The van der Waals surface area contributed by atoms with Gasteiger partial charge in [0.05, 0.1) is 5.37 Å². The Morgan fingerprint density at radius 2 is 2.71 bits per heavy atom. The fraction of sp³-hybridized carbons (Fsp3) is 0.600. The van der Waals surface area contributed by atoms with Crippen LogP contribution < -0.4 is 5.32 Å². The van der Waals surface area contributed by atoms with Crippen molar-refractivity contribution >= 4 is 11.8 Å². The van der Waals surface area contributed by atoms with Crippen molar-refractivity contribution in [1.82, 2.24) is 5.32 Å². The third kappa shape index (κ3) is 1.13. The van der Waals surface area contributed by atoms with Gasteiger partial charge in [0, 0.05) is 6.20 Å². The van der Waals surface area contributed by atoms with Gasteiger partial charge in [-0.1, -0.05) is 6.92 Å². The Morgan fingerprint density at radius 3 is 3.00 bits per heavy atom. The number of hydrogen-bond acceptors (Lipinski definition) is 2. The van der Waals surface area contributed by atoms with Crippen LogP contribution in [-0.2, 0) is 0 Å². The summed E-state index contributed by atoms with van der Waals surface area (Å²) in [5.41, 5.74) is 0. The number of hydrogen-bond donors (Lipinski definition) is 1. The lowest BCUT2D eigenvalue weighted by Gasteiger charge is -2.02. The fourth-order valence-electron chi connectivity index (χ4n) is 0.534. The van der Waals surface area contributed by atoms with E-state index in [4.69, 9.17) is 0 Å². The van der Waals surface area contributed by atoms with Gasteiger partial charge in [-0.3, -0.25) is 0 Å². The molecule has 1 rings (SSSR count). The Labute approximate surface area is 48.2 Å². The van der Waals surface area contributed by atoms with Gasteiger partial charge < -0.3 is 5.32 Å². The molecule has 40 valence electrons. The van der Waals surface area contributed by atoms with Gasteiger partial charge in [0.15, 0.2) is 0 Å². The largest absolute Gasteiger partial charge is 0.378 e. The van der Waals surface area contributed by atoms with Crippen LogP contribution >= 0.6 is 11.8 Å². The highest BCUT2D eigenvalue weighted by atomic mass is 32.2. The first-order valence-electron chi connectivity index (χ1n) is 2.50. The molecule has 0 fully saturated rings. The normalized spacial score (nSPS) is 27.9. The van der Waals surface area contributed by atoms with E-state index in [9.17, 15) is 0 Å².